The summed E-state index contributed by atoms with van der Waals surface area (Å²) in [7, 11) is 0. The third kappa shape index (κ3) is 6.94. The van der Waals surface area contributed by atoms with Gasteiger partial charge in [0.05, 0.1) is 0 Å². The molecule has 6 heteroatoms. The van der Waals surface area contributed by atoms with Gasteiger partial charge in [-0.15, -0.1) is 0 Å². The Morgan fingerprint density at radius 3 is 2.07 bits per heavy atom. The predicted octanol–water partition coefficient (Wildman–Crippen LogP) is 4.93. The standard InChI is InChI=1S/C21H30N2O4.C2H6/c1-21(2,3)27-20(25)23-13-18(14-23)17-9-11-22(12-10-17)19(24)26-15-16-7-5-4-6-8-16;1-2/h4-8,17-18H,9-15H2,1-3H3;1-2H3. The van der Waals surface area contributed by atoms with Gasteiger partial charge in [0.25, 0.3) is 0 Å². The van der Waals surface area contributed by atoms with Gasteiger partial charge in [-0.1, -0.05) is 44.2 Å². The van der Waals surface area contributed by atoms with Gasteiger partial charge in [0.2, 0.25) is 0 Å². The van der Waals surface area contributed by atoms with Crippen LogP contribution in [0.1, 0.15) is 53.0 Å². The van der Waals surface area contributed by atoms with Crippen LogP contribution in [-0.2, 0) is 16.1 Å². The Bertz CT molecular complexity index is 643. The van der Waals surface area contributed by atoms with Gasteiger partial charge in [0.1, 0.15) is 12.2 Å². The van der Waals surface area contributed by atoms with E-state index in [4.69, 9.17) is 9.47 Å². The first-order valence-electron chi connectivity index (χ1n) is 10.8. The van der Waals surface area contributed by atoms with Crippen molar-refractivity contribution in [1.29, 1.82) is 0 Å². The summed E-state index contributed by atoms with van der Waals surface area (Å²) in [6.07, 6.45) is 1.47. The first-order chi connectivity index (χ1) is 13.8. The van der Waals surface area contributed by atoms with Crippen LogP contribution in [0, 0.1) is 11.8 Å². The monoisotopic (exact) mass is 404 g/mol. The number of hydrogen-bond acceptors (Lipinski definition) is 4. The maximum atomic E-state index is 12.2. The van der Waals surface area contributed by atoms with E-state index in [0.717, 1.165) is 44.6 Å². The van der Waals surface area contributed by atoms with E-state index >= 15 is 0 Å². The summed E-state index contributed by atoms with van der Waals surface area (Å²) in [6, 6.07) is 9.72. The van der Waals surface area contributed by atoms with Crippen molar-refractivity contribution in [2.24, 2.45) is 11.8 Å². The summed E-state index contributed by atoms with van der Waals surface area (Å²) < 4.78 is 10.8. The highest BCUT2D eigenvalue weighted by atomic mass is 16.6. The zero-order chi connectivity index (χ0) is 21.4. The summed E-state index contributed by atoms with van der Waals surface area (Å²) in [4.78, 5) is 27.8. The van der Waals surface area contributed by atoms with E-state index in [1.165, 1.54) is 0 Å². The molecule has 162 valence electrons. The minimum atomic E-state index is -0.451. The van der Waals surface area contributed by atoms with Gasteiger partial charge in [-0.2, -0.15) is 0 Å². The minimum absolute atomic E-state index is 0.222. The minimum Gasteiger partial charge on any atom is -0.445 e. The first kappa shape index (κ1) is 23.0. The van der Waals surface area contributed by atoms with Gasteiger partial charge in [-0.25, -0.2) is 9.59 Å². The molecule has 0 saturated carbocycles. The van der Waals surface area contributed by atoms with Crippen LogP contribution in [0.2, 0.25) is 0 Å². The topological polar surface area (TPSA) is 59.1 Å². The highest BCUT2D eigenvalue weighted by Crippen LogP contribution is 2.32. The summed E-state index contributed by atoms with van der Waals surface area (Å²) in [6.45, 7) is 12.9. The molecule has 0 N–H and O–H groups in total. The zero-order valence-corrected chi connectivity index (χ0v) is 18.5. The molecule has 1 aromatic carbocycles. The number of amides is 2. The van der Waals surface area contributed by atoms with Crippen LogP contribution in [0.3, 0.4) is 0 Å². The average molecular weight is 405 g/mol. The lowest BCUT2D eigenvalue weighted by Gasteiger charge is -2.45. The molecule has 0 unspecified atom stereocenters. The summed E-state index contributed by atoms with van der Waals surface area (Å²) in [5.74, 6) is 1.07. The predicted molar refractivity (Wildman–Crippen MR) is 114 cm³/mol. The highest BCUT2D eigenvalue weighted by Gasteiger charge is 2.39. The van der Waals surface area contributed by atoms with Gasteiger partial charge < -0.3 is 19.3 Å². The molecular weight excluding hydrogens is 368 g/mol. The molecule has 0 bridgehead atoms. The second-order valence-electron chi connectivity index (χ2n) is 8.51. The molecule has 0 aliphatic carbocycles. The van der Waals surface area contributed by atoms with Crippen molar-refractivity contribution < 1.29 is 19.1 Å². The second kappa shape index (κ2) is 10.5. The van der Waals surface area contributed by atoms with Crippen molar-refractivity contribution in [3.05, 3.63) is 35.9 Å². The Morgan fingerprint density at radius 1 is 0.931 bits per heavy atom. The van der Waals surface area contributed by atoms with E-state index in [1.807, 2.05) is 65.0 Å². The number of likely N-dealkylation sites (tertiary alicyclic amines) is 2. The molecule has 2 aliphatic rings. The van der Waals surface area contributed by atoms with E-state index in [0.29, 0.717) is 18.4 Å². The number of piperidine rings is 1. The van der Waals surface area contributed by atoms with Gasteiger partial charge in [-0.05, 0) is 51.0 Å². The Kier molecular flexibility index (Phi) is 8.35. The molecule has 2 heterocycles. The van der Waals surface area contributed by atoms with Crippen LogP contribution in [0.15, 0.2) is 30.3 Å². The molecule has 2 amide bonds. The number of benzene rings is 1. The van der Waals surface area contributed by atoms with Crippen LogP contribution < -0.4 is 0 Å². The van der Waals surface area contributed by atoms with E-state index in [9.17, 15) is 9.59 Å². The molecule has 3 rings (SSSR count). The fourth-order valence-corrected chi connectivity index (χ4v) is 3.65. The molecule has 2 fully saturated rings. The lowest BCUT2D eigenvalue weighted by molar-refractivity contribution is -0.0177. The van der Waals surface area contributed by atoms with Gasteiger partial charge in [0, 0.05) is 26.2 Å². The first-order valence-corrected chi connectivity index (χ1v) is 10.8. The van der Waals surface area contributed by atoms with Crippen LogP contribution in [0.5, 0.6) is 0 Å². The van der Waals surface area contributed by atoms with Gasteiger partial charge in [-0.3, -0.25) is 0 Å². The summed E-state index contributed by atoms with van der Waals surface area (Å²) in [5, 5.41) is 0. The van der Waals surface area contributed by atoms with Crippen LogP contribution in [0.25, 0.3) is 0 Å². The SMILES string of the molecule is CC.CC(C)(C)OC(=O)N1CC(C2CCN(C(=O)OCc3ccccc3)CC2)C1. The highest BCUT2D eigenvalue weighted by molar-refractivity contribution is 5.69. The van der Waals surface area contributed by atoms with Crippen molar-refractivity contribution in [3.8, 4) is 0 Å². The lowest BCUT2D eigenvalue weighted by atomic mass is 9.80. The Balaban J connectivity index is 0.00000145. The number of ether oxygens (including phenoxy) is 2. The average Bonchev–Trinajstić information content (AvgIpc) is 2.66. The number of nitrogens with zero attached hydrogens (tertiary/aromatic N) is 2. The molecular formula is C23H36N2O4. The van der Waals surface area contributed by atoms with E-state index in [2.05, 4.69) is 0 Å². The van der Waals surface area contributed by atoms with Crippen molar-refractivity contribution in [2.75, 3.05) is 26.2 Å². The molecule has 2 aliphatic heterocycles. The van der Waals surface area contributed by atoms with Crippen molar-refractivity contribution in [3.63, 3.8) is 0 Å². The molecule has 29 heavy (non-hydrogen) atoms. The fraction of sp³-hybridized carbons (Fsp3) is 0.652. The summed E-state index contributed by atoms with van der Waals surface area (Å²) in [5.41, 5.74) is 0.547. The third-order valence-electron chi connectivity index (χ3n) is 5.23. The van der Waals surface area contributed by atoms with Crippen molar-refractivity contribution in [2.45, 2.75) is 59.7 Å². The van der Waals surface area contributed by atoms with Gasteiger partial charge in [0.15, 0.2) is 0 Å². The summed E-state index contributed by atoms with van der Waals surface area (Å²) >= 11 is 0. The molecule has 6 nitrogen and oxygen atoms in total. The Hall–Kier alpha value is -2.24. The van der Waals surface area contributed by atoms with Crippen LogP contribution in [0.4, 0.5) is 9.59 Å². The third-order valence-corrected chi connectivity index (χ3v) is 5.23. The molecule has 0 atom stereocenters. The maximum absolute atomic E-state index is 12.2. The normalized spacial score (nSPS) is 17.7. The number of rotatable bonds is 3. The number of carbonyl (C=O) groups is 2. The van der Waals surface area contributed by atoms with Crippen LogP contribution >= 0.6 is 0 Å². The molecule has 0 aromatic heterocycles. The van der Waals surface area contributed by atoms with Crippen molar-refractivity contribution >= 4 is 12.2 Å². The van der Waals surface area contributed by atoms with Gasteiger partial charge >= 0.3 is 12.2 Å². The Morgan fingerprint density at radius 2 is 1.52 bits per heavy atom. The smallest absolute Gasteiger partial charge is 0.410 e. The number of hydrogen-bond donors (Lipinski definition) is 0. The maximum Gasteiger partial charge on any atom is 0.410 e. The lowest BCUT2D eigenvalue weighted by Crippen LogP contribution is -2.55. The van der Waals surface area contributed by atoms with E-state index in [1.54, 1.807) is 9.80 Å². The largest absolute Gasteiger partial charge is 0.445 e. The van der Waals surface area contributed by atoms with Crippen molar-refractivity contribution in [1.82, 2.24) is 9.80 Å². The molecule has 0 radical (unpaired) electrons. The second-order valence-corrected chi connectivity index (χ2v) is 8.51. The number of carbonyl (C=O) groups excluding carboxylic acids is 2. The molecule has 0 spiro atoms. The Labute approximate surface area is 175 Å². The van der Waals surface area contributed by atoms with E-state index in [-0.39, 0.29) is 12.2 Å². The molecule has 2 saturated heterocycles. The van der Waals surface area contributed by atoms with Crippen LogP contribution in [-0.4, -0.2) is 53.8 Å². The zero-order valence-electron chi connectivity index (χ0n) is 18.5. The van der Waals surface area contributed by atoms with E-state index < -0.39 is 5.60 Å². The quantitative estimate of drug-likeness (QED) is 0.717. The molecule has 1 aromatic rings. The fourth-order valence-electron chi connectivity index (χ4n) is 3.65.